The van der Waals surface area contributed by atoms with Crippen molar-refractivity contribution in [3.8, 4) is 5.75 Å². The molecular weight excluding hydrogens is 421 g/mol. The SMILES string of the molecule is O=C(COc1ccc(Cl)c(F)c1)NC1C[C@H](C(=O)NCCC2CCCCN2)C2CC1C2. The van der Waals surface area contributed by atoms with E-state index in [9.17, 15) is 14.0 Å². The van der Waals surface area contributed by atoms with Crippen LogP contribution in [0.15, 0.2) is 18.2 Å². The van der Waals surface area contributed by atoms with Crippen LogP contribution in [-0.2, 0) is 9.59 Å². The third kappa shape index (κ3) is 5.69. The number of carbonyl (C=O) groups is 2. The summed E-state index contributed by atoms with van der Waals surface area (Å²) in [6.07, 6.45) is 7.28. The first-order valence-corrected chi connectivity index (χ1v) is 11.8. The van der Waals surface area contributed by atoms with E-state index < -0.39 is 5.82 Å². The van der Waals surface area contributed by atoms with Gasteiger partial charge < -0.3 is 20.7 Å². The lowest BCUT2D eigenvalue weighted by atomic mass is 9.57. The van der Waals surface area contributed by atoms with E-state index in [1.165, 1.54) is 31.4 Å². The summed E-state index contributed by atoms with van der Waals surface area (Å²) in [6.45, 7) is 1.58. The van der Waals surface area contributed by atoms with Crippen LogP contribution >= 0.6 is 11.6 Å². The van der Waals surface area contributed by atoms with Gasteiger partial charge in [0.25, 0.3) is 5.91 Å². The largest absolute Gasteiger partial charge is 0.484 e. The Hall–Kier alpha value is -1.86. The van der Waals surface area contributed by atoms with Crippen LogP contribution in [0, 0.1) is 23.6 Å². The van der Waals surface area contributed by atoms with Crippen molar-refractivity contribution in [3.05, 3.63) is 29.0 Å². The van der Waals surface area contributed by atoms with Crippen molar-refractivity contribution >= 4 is 23.4 Å². The first kappa shape index (κ1) is 22.3. The molecule has 2 amide bonds. The highest BCUT2D eigenvalue weighted by atomic mass is 35.5. The second kappa shape index (κ2) is 10.2. The molecule has 1 heterocycles. The summed E-state index contributed by atoms with van der Waals surface area (Å²) in [7, 11) is 0. The van der Waals surface area contributed by atoms with Gasteiger partial charge in [-0.05, 0) is 69.0 Å². The van der Waals surface area contributed by atoms with Gasteiger partial charge >= 0.3 is 0 Å². The van der Waals surface area contributed by atoms with Crippen molar-refractivity contribution in [3.63, 3.8) is 0 Å². The number of hydrogen-bond acceptors (Lipinski definition) is 4. The quantitative estimate of drug-likeness (QED) is 0.567. The van der Waals surface area contributed by atoms with Crippen LogP contribution in [0.25, 0.3) is 0 Å². The zero-order valence-corrected chi connectivity index (χ0v) is 18.4. The molecule has 5 rings (SSSR count). The normalized spacial score (nSPS) is 29.5. The average Bonchev–Trinajstić information content (AvgIpc) is 2.74. The van der Waals surface area contributed by atoms with Gasteiger partial charge in [0.2, 0.25) is 5.91 Å². The maximum Gasteiger partial charge on any atom is 0.258 e. The minimum Gasteiger partial charge on any atom is -0.484 e. The molecule has 31 heavy (non-hydrogen) atoms. The van der Waals surface area contributed by atoms with Crippen molar-refractivity contribution < 1.29 is 18.7 Å². The van der Waals surface area contributed by atoms with E-state index in [0.29, 0.717) is 30.8 Å². The molecule has 0 radical (unpaired) electrons. The predicted molar refractivity (Wildman–Crippen MR) is 116 cm³/mol. The number of halogens is 2. The van der Waals surface area contributed by atoms with Crippen LogP contribution in [0.5, 0.6) is 5.75 Å². The van der Waals surface area contributed by atoms with Gasteiger partial charge in [-0.15, -0.1) is 0 Å². The number of nitrogens with one attached hydrogen (secondary N) is 3. The molecule has 1 aliphatic heterocycles. The number of amides is 2. The molecule has 2 bridgehead atoms. The Labute approximate surface area is 187 Å². The number of benzene rings is 1. The highest BCUT2D eigenvalue weighted by Crippen LogP contribution is 2.49. The summed E-state index contributed by atoms with van der Waals surface area (Å²) in [5.41, 5.74) is 0. The predicted octanol–water partition coefficient (Wildman–Crippen LogP) is 3.04. The first-order chi connectivity index (χ1) is 15.0. The summed E-state index contributed by atoms with van der Waals surface area (Å²) in [5.74, 6) is 0.353. The molecule has 1 aromatic carbocycles. The minimum atomic E-state index is -0.583. The second-order valence-electron chi connectivity index (χ2n) is 9.10. The molecular formula is C23H31ClFN3O3. The second-order valence-corrected chi connectivity index (χ2v) is 9.51. The summed E-state index contributed by atoms with van der Waals surface area (Å²) < 4.78 is 18.9. The van der Waals surface area contributed by atoms with Gasteiger partial charge in [-0.1, -0.05) is 18.0 Å². The standard InChI is InChI=1S/C23H31ClFN3O3/c24-19-5-4-17(11-20(19)25)31-13-22(29)28-21-12-18(14-9-15(21)10-14)23(30)27-8-6-16-3-1-2-7-26-16/h4-5,11,14-16,18,21,26H,1-3,6-10,12-13H2,(H,27,30)(H,28,29)/t14?,15?,16?,18-,21?/m0/s1. The number of ether oxygens (including phenoxy) is 1. The van der Waals surface area contributed by atoms with Crippen molar-refractivity contribution in [2.24, 2.45) is 17.8 Å². The molecule has 170 valence electrons. The summed E-state index contributed by atoms with van der Waals surface area (Å²) in [5, 5.41) is 9.67. The zero-order valence-electron chi connectivity index (χ0n) is 17.7. The Kier molecular flexibility index (Phi) is 7.33. The van der Waals surface area contributed by atoms with E-state index >= 15 is 0 Å². The molecule has 2 unspecified atom stereocenters. The first-order valence-electron chi connectivity index (χ1n) is 11.4. The van der Waals surface area contributed by atoms with Gasteiger partial charge in [0.1, 0.15) is 11.6 Å². The molecule has 4 aliphatic rings. The Morgan fingerprint density at radius 2 is 2.03 bits per heavy atom. The van der Waals surface area contributed by atoms with Crippen LogP contribution < -0.4 is 20.7 Å². The topological polar surface area (TPSA) is 79.5 Å². The van der Waals surface area contributed by atoms with Crippen molar-refractivity contribution in [1.82, 2.24) is 16.0 Å². The fourth-order valence-electron chi connectivity index (χ4n) is 5.16. The van der Waals surface area contributed by atoms with Gasteiger partial charge in [0, 0.05) is 30.6 Å². The zero-order chi connectivity index (χ0) is 21.8. The number of carbonyl (C=O) groups excluding carboxylic acids is 2. The monoisotopic (exact) mass is 451 g/mol. The smallest absolute Gasteiger partial charge is 0.258 e. The molecule has 1 saturated heterocycles. The van der Waals surface area contributed by atoms with E-state index in [-0.39, 0.29) is 41.2 Å². The Bertz CT molecular complexity index is 796. The van der Waals surface area contributed by atoms with Crippen molar-refractivity contribution in [2.45, 2.75) is 57.0 Å². The summed E-state index contributed by atoms with van der Waals surface area (Å²) in [4.78, 5) is 25.1. The molecule has 3 saturated carbocycles. The number of fused-ring (bicyclic) bond motifs is 2. The Morgan fingerprint density at radius 1 is 1.19 bits per heavy atom. The minimum absolute atomic E-state index is 0.0119. The number of hydrogen-bond donors (Lipinski definition) is 3. The van der Waals surface area contributed by atoms with E-state index in [1.54, 1.807) is 0 Å². The molecule has 0 spiro atoms. The molecule has 0 aromatic heterocycles. The lowest BCUT2D eigenvalue weighted by Gasteiger charge is -2.50. The number of piperidine rings is 1. The fraction of sp³-hybridized carbons (Fsp3) is 0.652. The molecule has 6 nitrogen and oxygen atoms in total. The van der Waals surface area contributed by atoms with Gasteiger partial charge in [0.05, 0.1) is 5.02 Å². The highest BCUT2D eigenvalue weighted by molar-refractivity contribution is 6.30. The van der Waals surface area contributed by atoms with Crippen LogP contribution in [-0.4, -0.2) is 43.6 Å². The highest BCUT2D eigenvalue weighted by Gasteiger charge is 2.48. The van der Waals surface area contributed by atoms with Gasteiger partial charge in [-0.3, -0.25) is 9.59 Å². The van der Waals surface area contributed by atoms with Crippen LogP contribution in [0.1, 0.15) is 44.9 Å². The lowest BCUT2D eigenvalue weighted by molar-refractivity contribution is -0.136. The molecule has 8 heteroatoms. The lowest BCUT2D eigenvalue weighted by Crippen LogP contribution is -2.57. The molecule has 3 atom stereocenters. The molecule has 4 fully saturated rings. The maximum atomic E-state index is 13.5. The van der Waals surface area contributed by atoms with E-state index in [4.69, 9.17) is 16.3 Å². The molecule has 1 aromatic rings. The third-order valence-corrected chi connectivity index (χ3v) is 7.31. The van der Waals surface area contributed by atoms with Gasteiger partial charge in [-0.2, -0.15) is 0 Å². The van der Waals surface area contributed by atoms with Gasteiger partial charge in [-0.25, -0.2) is 4.39 Å². The summed E-state index contributed by atoms with van der Waals surface area (Å²) in [6, 6.07) is 4.58. The van der Waals surface area contributed by atoms with Gasteiger partial charge in [0.15, 0.2) is 6.61 Å². The van der Waals surface area contributed by atoms with E-state index in [0.717, 1.165) is 31.9 Å². The molecule has 3 aliphatic carbocycles. The molecule has 3 N–H and O–H groups in total. The Morgan fingerprint density at radius 3 is 2.77 bits per heavy atom. The fourth-order valence-corrected chi connectivity index (χ4v) is 5.27. The van der Waals surface area contributed by atoms with Crippen molar-refractivity contribution in [2.75, 3.05) is 19.7 Å². The van der Waals surface area contributed by atoms with Crippen LogP contribution in [0.3, 0.4) is 0 Å². The maximum absolute atomic E-state index is 13.5. The Balaban J connectivity index is 1.21. The number of rotatable bonds is 8. The van der Waals surface area contributed by atoms with E-state index in [1.807, 2.05) is 0 Å². The third-order valence-electron chi connectivity index (χ3n) is 7.01. The van der Waals surface area contributed by atoms with E-state index in [2.05, 4.69) is 16.0 Å². The van der Waals surface area contributed by atoms with Crippen LogP contribution in [0.2, 0.25) is 5.02 Å². The average molecular weight is 452 g/mol. The summed E-state index contributed by atoms with van der Waals surface area (Å²) >= 11 is 5.66. The van der Waals surface area contributed by atoms with Crippen molar-refractivity contribution in [1.29, 1.82) is 0 Å². The van der Waals surface area contributed by atoms with Crippen LogP contribution in [0.4, 0.5) is 4.39 Å².